The predicted octanol–water partition coefficient (Wildman–Crippen LogP) is 5.99. The van der Waals surface area contributed by atoms with E-state index in [1.165, 1.54) is 11.3 Å². The lowest BCUT2D eigenvalue weighted by Gasteiger charge is -2.06. The Hall–Kier alpha value is -4.23. The number of thiazole rings is 1. The topological polar surface area (TPSA) is 82.2 Å². The van der Waals surface area contributed by atoms with E-state index in [9.17, 15) is 4.79 Å². The summed E-state index contributed by atoms with van der Waals surface area (Å²) in [4.78, 5) is 20.1. The number of benzene rings is 3. The van der Waals surface area contributed by atoms with Gasteiger partial charge in [-0.2, -0.15) is 5.10 Å². The van der Waals surface area contributed by atoms with Crippen LogP contribution in [-0.2, 0) is 0 Å². The quantitative estimate of drug-likeness (QED) is 0.225. The monoisotopic (exact) mass is 437 g/mol. The van der Waals surface area contributed by atoms with E-state index in [0.29, 0.717) is 10.7 Å². The molecule has 32 heavy (non-hydrogen) atoms. The predicted molar refractivity (Wildman–Crippen MR) is 131 cm³/mol. The molecule has 156 valence electrons. The normalized spacial score (nSPS) is 11.1. The van der Waals surface area contributed by atoms with Gasteiger partial charge in [0.05, 0.1) is 11.9 Å². The molecular formula is C25H19N5OS. The molecule has 0 unspecified atom stereocenters. The van der Waals surface area contributed by atoms with Crippen molar-refractivity contribution in [2.24, 2.45) is 5.10 Å². The highest BCUT2D eigenvalue weighted by atomic mass is 32.1. The summed E-state index contributed by atoms with van der Waals surface area (Å²) in [5.74, 6) is -0.133. The first-order valence-corrected chi connectivity index (χ1v) is 10.9. The van der Waals surface area contributed by atoms with Gasteiger partial charge in [-0.1, -0.05) is 48.5 Å². The molecule has 0 radical (unpaired) electrons. The van der Waals surface area contributed by atoms with Crippen LogP contribution in [0.2, 0.25) is 0 Å². The van der Waals surface area contributed by atoms with Crippen molar-refractivity contribution in [3.8, 4) is 11.3 Å². The number of nitrogens with zero attached hydrogens (tertiary/aromatic N) is 2. The van der Waals surface area contributed by atoms with Crippen LogP contribution in [0.1, 0.15) is 15.9 Å². The Labute approximate surface area is 188 Å². The standard InChI is InChI=1S/C25H19N5OS/c31-24(18-6-2-1-3-7-18)28-20-12-10-17(11-13-20)23-16-32-25(29-23)30-27-15-19-14-26-22-9-5-4-8-21(19)22/h1-16,26H,(H,28,31)(H,29,30)/b27-15+. The van der Waals surface area contributed by atoms with Crippen LogP contribution >= 0.6 is 11.3 Å². The lowest BCUT2D eigenvalue weighted by molar-refractivity contribution is 0.102. The SMILES string of the molecule is O=C(Nc1ccc(-c2csc(N/N=C/c3c[nH]c4ccccc34)n2)cc1)c1ccccc1. The molecule has 2 heterocycles. The van der Waals surface area contributed by atoms with Crippen LogP contribution in [-0.4, -0.2) is 22.1 Å². The van der Waals surface area contributed by atoms with Gasteiger partial charge in [-0.15, -0.1) is 11.3 Å². The number of carbonyl (C=O) groups excluding carboxylic acids is 1. The zero-order valence-electron chi connectivity index (χ0n) is 16.9. The van der Waals surface area contributed by atoms with E-state index in [1.54, 1.807) is 18.3 Å². The molecule has 6 nitrogen and oxygen atoms in total. The minimum atomic E-state index is -0.133. The number of anilines is 2. The zero-order chi connectivity index (χ0) is 21.8. The molecule has 0 aliphatic heterocycles. The maximum atomic E-state index is 12.3. The number of hydrogen-bond acceptors (Lipinski definition) is 5. The molecule has 0 saturated heterocycles. The number of rotatable bonds is 6. The van der Waals surface area contributed by atoms with Gasteiger partial charge in [-0.05, 0) is 30.3 Å². The van der Waals surface area contributed by atoms with Crippen molar-refractivity contribution in [3.05, 3.63) is 102 Å². The van der Waals surface area contributed by atoms with Crippen LogP contribution in [0.3, 0.4) is 0 Å². The highest BCUT2D eigenvalue weighted by Gasteiger charge is 2.07. The molecule has 1 amide bonds. The number of amides is 1. The Morgan fingerprint density at radius 2 is 1.75 bits per heavy atom. The summed E-state index contributed by atoms with van der Waals surface area (Å²) < 4.78 is 0. The number of hydrazone groups is 1. The van der Waals surface area contributed by atoms with Gasteiger partial charge in [-0.3, -0.25) is 10.2 Å². The van der Waals surface area contributed by atoms with Crippen molar-refractivity contribution in [3.63, 3.8) is 0 Å². The third-order valence-electron chi connectivity index (χ3n) is 4.96. The molecule has 2 aromatic heterocycles. The second kappa shape index (κ2) is 8.87. The minimum absolute atomic E-state index is 0.133. The van der Waals surface area contributed by atoms with Gasteiger partial charge in [-0.25, -0.2) is 4.98 Å². The second-order valence-electron chi connectivity index (χ2n) is 7.10. The van der Waals surface area contributed by atoms with Gasteiger partial charge in [0.2, 0.25) is 5.13 Å². The summed E-state index contributed by atoms with van der Waals surface area (Å²) in [6, 6.07) is 24.9. The molecule has 0 bridgehead atoms. The lowest BCUT2D eigenvalue weighted by Crippen LogP contribution is -2.11. The van der Waals surface area contributed by atoms with Crippen molar-refractivity contribution < 1.29 is 4.79 Å². The number of para-hydroxylation sites is 1. The van der Waals surface area contributed by atoms with Crippen LogP contribution in [0.4, 0.5) is 10.8 Å². The molecule has 0 aliphatic rings. The molecular weight excluding hydrogens is 418 g/mol. The van der Waals surface area contributed by atoms with Crippen molar-refractivity contribution in [2.45, 2.75) is 0 Å². The fraction of sp³-hybridized carbons (Fsp3) is 0. The Morgan fingerprint density at radius 1 is 0.969 bits per heavy atom. The van der Waals surface area contributed by atoms with Crippen LogP contribution < -0.4 is 10.7 Å². The highest BCUT2D eigenvalue weighted by Crippen LogP contribution is 2.26. The van der Waals surface area contributed by atoms with Crippen LogP contribution in [0.5, 0.6) is 0 Å². The first-order chi connectivity index (χ1) is 15.8. The van der Waals surface area contributed by atoms with Crippen molar-refractivity contribution in [1.82, 2.24) is 9.97 Å². The fourth-order valence-corrected chi connectivity index (χ4v) is 4.00. The van der Waals surface area contributed by atoms with Gasteiger partial charge >= 0.3 is 0 Å². The zero-order valence-corrected chi connectivity index (χ0v) is 17.8. The van der Waals surface area contributed by atoms with E-state index >= 15 is 0 Å². The summed E-state index contributed by atoms with van der Waals surface area (Å²) >= 11 is 1.48. The number of H-pyrrole nitrogens is 1. The van der Waals surface area contributed by atoms with E-state index in [2.05, 4.69) is 31.9 Å². The van der Waals surface area contributed by atoms with Crippen molar-refractivity contribution in [2.75, 3.05) is 10.7 Å². The number of fused-ring (bicyclic) bond motifs is 1. The Kier molecular flexibility index (Phi) is 5.47. The average Bonchev–Trinajstić information content (AvgIpc) is 3.48. The summed E-state index contributed by atoms with van der Waals surface area (Å²) in [5.41, 5.74) is 8.26. The van der Waals surface area contributed by atoms with Gasteiger partial charge in [0.1, 0.15) is 0 Å². The van der Waals surface area contributed by atoms with Crippen molar-refractivity contribution >= 4 is 45.2 Å². The van der Waals surface area contributed by atoms with Crippen LogP contribution in [0.25, 0.3) is 22.2 Å². The summed E-state index contributed by atoms with van der Waals surface area (Å²) in [6.07, 6.45) is 3.71. The highest BCUT2D eigenvalue weighted by molar-refractivity contribution is 7.14. The Morgan fingerprint density at radius 3 is 2.59 bits per heavy atom. The van der Waals surface area contributed by atoms with E-state index in [4.69, 9.17) is 0 Å². The number of hydrogen-bond donors (Lipinski definition) is 3. The first kappa shape index (κ1) is 19.7. The van der Waals surface area contributed by atoms with Gasteiger partial charge in [0, 0.05) is 44.9 Å². The minimum Gasteiger partial charge on any atom is -0.361 e. The molecule has 0 atom stereocenters. The van der Waals surface area contributed by atoms with Gasteiger partial charge in [0.15, 0.2) is 0 Å². The molecule has 0 spiro atoms. The lowest BCUT2D eigenvalue weighted by atomic mass is 10.1. The number of aromatic nitrogens is 2. The largest absolute Gasteiger partial charge is 0.361 e. The summed E-state index contributed by atoms with van der Waals surface area (Å²) in [6.45, 7) is 0. The van der Waals surface area contributed by atoms with Gasteiger partial charge < -0.3 is 10.3 Å². The summed E-state index contributed by atoms with van der Waals surface area (Å²) in [7, 11) is 0. The average molecular weight is 438 g/mol. The molecule has 5 rings (SSSR count). The van der Waals surface area contributed by atoms with Crippen molar-refractivity contribution in [1.29, 1.82) is 0 Å². The van der Waals surface area contributed by atoms with Gasteiger partial charge in [0.25, 0.3) is 5.91 Å². The molecule has 3 aromatic carbocycles. The number of carbonyl (C=O) groups is 1. The number of nitrogens with one attached hydrogen (secondary N) is 3. The molecule has 3 N–H and O–H groups in total. The van der Waals surface area contributed by atoms with E-state index in [-0.39, 0.29) is 5.91 Å². The Bertz CT molecular complexity index is 1390. The maximum absolute atomic E-state index is 12.3. The van der Waals surface area contributed by atoms with E-state index in [1.807, 2.05) is 72.2 Å². The van der Waals surface area contributed by atoms with Crippen LogP contribution in [0.15, 0.2) is 95.5 Å². The second-order valence-corrected chi connectivity index (χ2v) is 7.95. The molecule has 7 heteroatoms. The molecule has 5 aromatic rings. The van der Waals surface area contributed by atoms with E-state index < -0.39 is 0 Å². The summed E-state index contributed by atoms with van der Waals surface area (Å²) in [5, 5.41) is 11.0. The van der Waals surface area contributed by atoms with Crippen LogP contribution in [0, 0.1) is 0 Å². The van der Waals surface area contributed by atoms with E-state index in [0.717, 1.165) is 33.4 Å². The molecule has 0 aliphatic carbocycles. The third kappa shape index (κ3) is 4.28. The molecule has 0 fully saturated rings. The first-order valence-electron chi connectivity index (χ1n) is 10.0. The third-order valence-corrected chi connectivity index (χ3v) is 5.71. The Balaban J connectivity index is 1.23. The number of aromatic amines is 1. The molecule has 0 saturated carbocycles. The maximum Gasteiger partial charge on any atom is 0.255 e. The fourth-order valence-electron chi connectivity index (χ4n) is 3.33. The smallest absolute Gasteiger partial charge is 0.255 e.